The second-order valence-corrected chi connectivity index (χ2v) is 7.80. The average Bonchev–Trinajstić information content (AvgIpc) is 3.03. The van der Waals surface area contributed by atoms with Gasteiger partial charge in [0, 0.05) is 11.1 Å². The summed E-state index contributed by atoms with van der Waals surface area (Å²) in [6, 6.07) is 15.3. The first-order chi connectivity index (χ1) is 14.1. The molecular formula is C23H29N3O3+2. The van der Waals surface area contributed by atoms with E-state index in [0.717, 1.165) is 55.0 Å². The van der Waals surface area contributed by atoms with Crippen molar-refractivity contribution in [3.05, 3.63) is 59.8 Å². The number of likely N-dealkylation sites (N-methyl/N-ethyl adjacent to an activating group) is 1. The zero-order valence-corrected chi connectivity index (χ0v) is 17.1. The number of phenolic OH excluding ortho intramolecular Hbond substituents is 1. The van der Waals surface area contributed by atoms with Crippen molar-refractivity contribution < 1.29 is 24.4 Å². The Balaban J connectivity index is 1.91. The minimum Gasteiger partial charge on any atom is -0.508 e. The molecule has 1 saturated heterocycles. The van der Waals surface area contributed by atoms with Gasteiger partial charge in [-0.2, -0.15) is 0 Å². The van der Waals surface area contributed by atoms with Gasteiger partial charge in [-0.15, -0.1) is 0 Å². The number of fused-ring (bicyclic) bond motifs is 1. The number of esters is 1. The number of ether oxygens (including phenoxy) is 1. The molecule has 1 fully saturated rings. The molecule has 3 N–H and O–H groups in total. The van der Waals surface area contributed by atoms with Crippen molar-refractivity contribution in [3.8, 4) is 11.4 Å². The van der Waals surface area contributed by atoms with Gasteiger partial charge in [-0.25, -0.2) is 4.79 Å². The van der Waals surface area contributed by atoms with Crippen LogP contribution in [0, 0.1) is 0 Å². The number of rotatable bonds is 5. The highest BCUT2D eigenvalue weighted by Crippen LogP contribution is 2.32. The molecular weight excluding hydrogens is 366 g/mol. The fourth-order valence-corrected chi connectivity index (χ4v) is 4.25. The van der Waals surface area contributed by atoms with E-state index < -0.39 is 0 Å². The number of phenols is 1. The van der Waals surface area contributed by atoms with Gasteiger partial charge in [0.2, 0.25) is 0 Å². The Morgan fingerprint density at radius 1 is 1.10 bits per heavy atom. The van der Waals surface area contributed by atoms with Crippen LogP contribution in [0.2, 0.25) is 0 Å². The maximum absolute atomic E-state index is 13.0. The number of benzene rings is 2. The van der Waals surface area contributed by atoms with Gasteiger partial charge < -0.3 is 24.2 Å². The zero-order valence-electron chi connectivity index (χ0n) is 17.1. The molecule has 29 heavy (non-hydrogen) atoms. The lowest BCUT2D eigenvalue weighted by molar-refractivity contribution is -1.01. The van der Waals surface area contributed by atoms with E-state index in [1.165, 1.54) is 4.90 Å². The maximum atomic E-state index is 13.0. The molecule has 0 amide bonds. The number of hydrogen-bond acceptors (Lipinski definition) is 3. The summed E-state index contributed by atoms with van der Waals surface area (Å²) in [4.78, 5) is 16.0. The third-order valence-corrected chi connectivity index (χ3v) is 5.77. The van der Waals surface area contributed by atoms with Gasteiger partial charge in [0.1, 0.15) is 38.5 Å². The number of hydrogen-bond donors (Lipinski definition) is 3. The van der Waals surface area contributed by atoms with Crippen LogP contribution in [0.25, 0.3) is 16.6 Å². The molecule has 4 rings (SSSR count). The number of aromatic hydroxyl groups is 1. The molecule has 0 atom stereocenters. The fraction of sp³-hybridized carbons (Fsp3) is 0.348. The zero-order chi connectivity index (χ0) is 20.4. The van der Waals surface area contributed by atoms with E-state index in [4.69, 9.17) is 4.74 Å². The molecule has 0 unspecified atom stereocenters. The predicted molar refractivity (Wildman–Crippen MR) is 112 cm³/mol. The van der Waals surface area contributed by atoms with Crippen LogP contribution in [-0.2, 0) is 11.3 Å². The summed E-state index contributed by atoms with van der Waals surface area (Å²) in [5, 5.41) is 10.9. The number of carbonyl (C=O) groups excluding carboxylic acids is 1. The number of nitrogens with one attached hydrogen (secondary N) is 2. The van der Waals surface area contributed by atoms with Crippen molar-refractivity contribution in [1.29, 1.82) is 0 Å². The summed E-state index contributed by atoms with van der Waals surface area (Å²) >= 11 is 0. The Bertz CT molecular complexity index is 1010. The minimum absolute atomic E-state index is 0.148. The van der Waals surface area contributed by atoms with Gasteiger partial charge >= 0.3 is 5.97 Å². The summed E-state index contributed by atoms with van der Waals surface area (Å²) in [6.07, 6.45) is 0. The molecule has 1 aromatic heterocycles. The molecule has 152 valence electrons. The van der Waals surface area contributed by atoms with Gasteiger partial charge in [-0.1, -0.05) is 18.2 Å². The summed E-state index contributed by atoms with van der Waals surface area (Å²) < 4.78 is 7.58. The monoisotopic (exact) mass is 395 g/mol. The SMILES string of the molecule is CCOC(=O)c1c(C[NH+]2CC[NH+](C)CC2)n(-c2ccccc2)c2ccc(O)cc12. The maximum Gasteiger partial charge on any atom is 0.340 e. The molecule has 0 aliphatic carbocycles. The third kappa shape index (κ3) is 3.86. The van der Waals surface area contributed by atoms with E-state index in [1.54, 1.807) is 17.0 Å². The van der Waals surface area contributed by atoms with E-state index in [2.05, 4.69) is 11.6 Å². The van der Waals surface area contributed by atoms with Gasteiger partial charge in [-0.05, 0) is 37.3 Å². The quantitative estimate of drug-likeness (QED) is 0.549. The fourth-order valence-electron chi connectivity index (χ4n) is 4.25. The predicted octanol–water partition coefficient (Wildman–Crippen LogP) is 0.426. The average molecular weight is 396 g/mol. The molecule has 6 nitrogen and oxygen atoms in total. The first-order valence-electron chi connectivity index (χ1n) is 10.3. The number of nitrogens with zero attached hydrogens (tertiary/aromatic N) is 1. The van der Waals surface area contributed by atoms with Crippen molar-refractivity contribution in [1.82, 2.24) is 4.57 Å². The van der Waals surface area contributed by atoms with E-state index in [-0.39, 0.29) is 11.7 Å². The first kappa shape index (κ1) is 19.5. The van der Waals surface area contributed by atoms with Crippen LogP contribution in [0.4, 0.5) is 0 Å². The minimum atomic E-state index is -0.327. The molecule has 2 aromatic carbocycles. The van der Waals surface area contributed by atoms with Crippen LogP contribution in [-0.4, -0.2) is 55.5 Å². The number of piperazine rings is 1. The largest absolute Gasteiger partial charge is 0.508 e. The van der Waals surface area contributed by atoms with Crippen LogP contribution in [0.1, 0.15) is 23.0 Å². The second kappa shape index (κ2) is 8.27. The molecule has 3 aromatic rings. The molecule has 1 aliphatic rings. The molecule has 6 heteroatoms. The first-order valence-corrected chi connectivity index (χ1v) is 10.3. The molecule has 1 aliphatic heterocycles. The van der Waals surface area contributed by atoms with Crippen molar-refractivity contribution in [2.45, 2.75) is 13.5 Å². The Morgan fingerprint density at radius 2 is 1.83 bits per heavy atom. The Labute approximate surface area is 170 Å². The Kier molecular flexibility index (Phi) is 5.56. The van der Waals surface area contributed by atoms with Crippen molar-refractivity contribution in [3.63, 3.8) is 0 Å². The highest BCUT2D eigenvalue weighted by Gasteiger charge is 2.29. The number of para-hydroxylation sites is 1. The lowest BCUT2D eigenvalue weighted by Crippen LogP contribution is -3.26. The van der Waals surface area contributed by atoms with Gasteiger partial charge in [-0.3, -0.25) is 0 Å². The lowest BCUT2D eigenvalue weighted by atomic mass is 10.1. The molecule has 0 radical (unpaired) electrons. The van der Waals surface area contributed by atoms with E-state index >= 15 is 0 Å². The normalized spacial score (nSPS) is 19.4. The highest BCUT2D eigenvalue weighted by atomic mass is 16.5. The van der Waals surface area contributed by atoms with E-state index in [0.29, 0.717) is 12.2 Å². The van der Waals surface area contributed by atoms with Crippen LogP contribution < -0.4 is 9.80 Å². The molecule has 0 saturated carbocycles. The highest BCUT2D eigenvalue weighted by molar-refractivity contribution is 6.07. The summed E-state index contributed by atoms with van der Waals surface area (Å²) in [6.45, 7) is 7.25. The molecule has 2 heterocycles. The standard InChI is InChI=1S/C23H27N3O3/c1-3-29-23(28)22-19-15-18(27)9-10-20(19)26(17-7-5-4-6-8-17)21(22)16-25-13-11-24(2)12-14-25/h4-10,15,27H,3,11-14,16H2,1-2H3/p+2. The van der Waals surface area contributed by atoms with Gasteiger partial charge in [0.05, 0.1) is 30.4 Å². The van der Waals surface area contributed by atoms with Crippen LogP contribution >= 0.6 is 0 Å². The van der Waals surface area contributed by atoms with E-state index in [1.807, 2.05) is 43.3 Å². The Morgan fingerprint density at radius 3 is 2.52 bits per heavy atom. The summed E-state index contributed by atoms with van der Waals surface area (Å²) in [5.41, 5.74) is 3.43. The van der Waals surface area contributed by atoms with Crippen molar-refractivity contribution in [2.24, 2.45) is 0 Å². The number of quaternary nitrogens is 2. The summed E-state index contributed by atoms with van der Waals surface area (Å²) in [7, 11) is 2.23. The molecule has 0 bridgehead atoms. The van der Waals surface area contributed by atoms with Crippen LogP contribution in [0.3, 0.4) is 0 Å². The number of carbonyl (C=O) groups is 1. The lowest BCUT2D eigenvalue weighted by Gasteiger charge is -2.28. The van der Waals surface area contributed by atoms with Crippen molar-refractivity contribution in [2.75, 3.05) is 39.8 Å². The number of aromatic nitrogens is 1. The van der Waals surface area contributed by atoms with Gasteiger partial charge in [0.15, 0.2) is 0 Å². The second-order valence-electron chi connectivity index (χ2n) is 7.80. The van der Waals surface area contributed by atoms with Gasteiger partial charge in [0.25, 0.3) is 0 Å². The molecule has 0 spiro atoms. The topological polar surface area (TPSA) is 60.3 Å². The smallest absolute Gasteiger partial charge is 0.340 e. The third-order valence-electron chi connectivity index (χ3n) is 5.77. The van der Waals surface area contributed by atoms with Crippen LogP contribution in [0.15, 0.2) is 48.5 Å². The van der Waals surface area contributed by atoms with Crippen molar-refractivity contribution >= 4 is 16.9 Å². The summed E-state index contributed by atoms with van der Waals surface area (Å²) in [5.74, 6) is -0.178. The van der Waals surface area contributed by atoms with Crippen LogP contribution in [0.5, 0.6) is 5.75 Å². The Hall–Kier alpha value is -2.83. The van der Waals surface area contributed by atoms with E-state index in [9.17, 15) is 9.90 Å².